The predicted octanol–water partition coefficient (Wildman–Crippen LogP) is -5.93. The third-order valence-corrected chi connectivity index (χ3v) is 3.61. The molecule has 31 heavy (non-hydrogen) atoms. The van der Waals surface area contributed by atoms with Gasteiger partial charge in [0.2, 0.25) is 29.5 Å². The van der Waals surface area contributed by atoms with Crippen LogP contribution in [0.1, 0.15) is 19.3 Å². The summed E-state index contributed by atoms with van der Waals surface area (Å²) in [6, 6.07) is -6.75. The second-order valence-corrected chi connectivity index (χ2v) is 6.25. The van der Waals surface area contributed by atoms with Crippen LogP contribution in [-0.2, 0) is 33.6 Å². The molecule has 0 aliphatic carbocycles. The van der Waals surface area contributed by atoms with Gasteiger partial charge < -0.3 is 48.5 Å². The number of carbonyl (C=O) groups is 7. The van der Waals surface area contributed by atoms with Gasteiger partial charge in [-0.3, -0.25) is 28.8 Å². The molecule has 16 heteroatoms. The van der Waals surface area contributed by atoms with Crippen LogP contribution in [-0.4, -0.2) is 87.6 Å². The number of nitrogens with one attached hydrogen (secondary N) is 3. The van der Waals surface area contributed by atoms with Gasteiger partial charge in [0.05, 0.1) is 31.9 Å². The van der Waals surface area contributed by atoms with Gasteiger partial charge >= 0.3 is 11.9 Å². The number of amides is 5. The van der Waals surface area contributed by atoms with Gasteiger partial charge in [0.25, 0.3) is 0 Å². The smallest absolute Gasteiger partial charge is 0.326 e. The lowest BCUT2D eigenvalue weighted by atomic mass is 10.1. The van der Waals surface area contributed by atoms with Crippen molar-refractivity contribution in [2.24, 2.45) is 17.2 Å². The van der Waals surface area contributed by atoms with Gasteiger partial charge in [-0.25, -0.2) is 4.79 Å². The van der Waals surface area contributed by atoms with Gasteiger partial charge in [0.15, 0.2) is 0 Å². The van der Waals surface area contributed by atoms with E-state index < -0.39 is 91.5 Å². The third-order valence-electron chi connectivity index (χ3n) is 3.61. The van der Waals surface area contributed by atoms with E-state index in [1.54, 1.807) is 0 Å². The molecule has 0 aliphatic heterocycles. The predicted molar refractivity (Wildman–Crippen MR) is 98.4 cm³/mol. The molecule has 0 aromatic rings. The maximum Gasteiger partial charge on any atom is 0.326 e. The fourth-order valence-corrected chi connectivity index (χ4v) is 2.11. The molecule has 0 rings (SSSR count). The Bertz CT molecular complexity index is 742. The Hall–Kier alpha value is -3.79. The summed E-state index contributed by atoms with van der Waals surface area (Å²) in [4.78, 5) is 80.2. The summed E-state index contributed by atoms with van der Waals surface area (Å²) in [5.41, 5.74) is 15.3. The molecule has 0 fully saturated rings. The molecule has 0 saturated carbocycles. The molecule has 0 spiro atoms. The average molecular weight is 448 g/mol. The highest BCUT2D eigenvalue weighted by Crippen LogP contribution is 2.00. The highest BCUT2D eigenvalue weighted by molar-refractivity contribution is 5.97. The molecule has 16 nitrogen and oxygen atoms in total. The number of aliphatic hydroxyl groups is 1. The van der Waals surface area contributed by atoms with Crippen molar-refractivity contribution in [3.8, 4) is 0 Å². The van der Waals surface area contributed by atoms with Crippen LogP contribution in [0.25, 0.3) is 0 Å². The first kappa shape index (κ1) is 27.2. The van der Waals surface area contributed by atoms with Crippen molar-refractivity contribution >= 4 is 41.5 Å². The Morgan fingerprint density at radius 2 is 1.13 bits per heavy atom. The maximum absolute atomic E-state index is 12.3. The summed E-state index contributed by atoms with van der Waals surface area (Å²) >= 11 is 0. The maximum atomic E-state index is 12.3. The standard InChI is InChI=1S/C15H24N6O10/c16-5(1-9(17)23)12(27)21-8(4-22)14(29)19-6(2-10(18)24)13(28)20-7(15(30)31)3-11(25)26/h5-8,22H,1-4,16H2,(H2,17,23)(H2,18,24)(H,19,29)(H,20,28)(H,21,27)(H,25,26)(H,30,31). The molecule has 0 saturated heterocycles. The van der Waals surface area contributed by atoms with Crippen LogP contribution in [0.4, 0.5) is 0 Å². The van der Waals surface area contributed by atoms with Gasteiger partial charge in [0, 0.05) is 0 Å². The number of hydrogen-bond acceptors (Lipinski definition) is 9. The molecule has 4 unspecified atom stereocenters. The van der Waals surface area contributed by atoms with E-state index in [1.807, 2.05) is 16.0 Å². The number of aliphatic carboxylic acids is 2. The van der Waals surface area contributed by atoms with Gasteiger partial charge in [0.1, 0.15) is 18.1 Å². The van der Waals surface area contributed by atoms with E-state index >= 15 is 0 Å². The van der Waals surface area contributed by atoms with Crippen LogP contribution >= 0.6 is 0 Å². The fourth-order valence-electron chi connectivity index (χ4n) is 2.11. The number of carbonyl (C=O) groups excluding carboxylic acids is 5. The Morgan fingerprint density at radius 1 is 0.677 bits per heavy atom. The zero-order valence-electron chi connectivity index (χ0n) is 16.1. The van der Waals surface area contributed by atoms with Crippen LogP contribution in [0.5, 0.6) is 0 Å². The normalized spacial score (nSPS) is 14.3. The van der Waals surface area contributed by atoms with Crippen molar-refractivity contribution < 1.29 is 48.9 Å². The molecule has 0 bridgehead atoms. The first-order valence-corrected chi connectivity index (χ1v) is 8.57. The second-order valence-electron chi connectivity index (χ2n) is 6.25. The van der Waals surface area contributed by atoms with Crippen molar-refractivity contribution in [2.75, 3.05) is 6.61 Å². The highest BCUT2D eigenvalue weighted by Gasteiger charge is 2.31. The minimum Gasteiger partial charge on any atom is -0.481 e. The van der Waals surface area contributed by atoms with Crippen molar-refractivity contribution in [3.63, 3.8) is 0 Å². The second kappa shape index (κ2) is 12.7. The van der Waals surface area contributed by atoms with Crippen LogP contribution < -0.4 is 33.2 Å². The van der Waals surface area contributed by atoms with Crippen molar-refractivity contribution in [2.45, 2.75) is 43.4 Å². The van der Waals surface area contributed by atoms with Gasteiger partial charge in [-0.15, -0.1) is 0 Å². The molecule has 4 atom stereocenters. The van der Waals surface area contributed by atoms with Gasteiger partial charge in [-0.05, 0) is 0 Å². The first-order valence-electron chi connectivity index (χ1n) is 8.57. The highest BCUT2D eigenvalue weighted by atomic mass is 16.4. The minimum absolute atomic E-state index is 0.557. The van der Waals surface area contributed by atoms with Crippen LogP contribution in [0, 0.1) is 0 Å². The monoisotopic (exact) mass is 448 g/mol. The number of primary amides is 2. The number of hydrogen-bond donors (Lipinski definition) is 9. The zero-order valence-corrected chi connectivity index (χ0v) is 16.1. The van der Waals surface area contributed by atoms with E-state index in [0.717, 1.165) is 0 Å². The molecule has 5 amide bonds. The molecule has 0 aromatic heterocycles. The molecule has 174 valence electrons. The van der Waals surface area contributed by atoms with Crippen LogP contribution in [0.3, 0.4) is 0 Å². The number of carboxylic acid groups (broad SMARTS) is 2. The number of aliphatic hydroxyl groups excluding tert-OH is 1. The molecule has 12 N–H and O–H groups in total. The summed E-state index contributed by atoms with van der Waals surface area (Å²) in [6.07, 6.45) is -2.37. The van der Waals surface area contributed by atoms with E-state index in [1.165, 1.54) is 0 Å². The lowest BCUT2D eigenvalue weighted by molar-refractivity contribution is -0.147. The van der Waals surface area contributed by atoms with Crippen LogP contribution in [0.2, 0.25) is 0 Å². The molecule has 0 aromatic carbocycles. The Morgan fingerprint density at radius 3 is 1.55 bits per heavy atom. The Labute approximate surface area is 174 Å². The lowest BCUT2D eigenvalue weighted by Crippen LogP contribution is -2.58. The van der Waals surface area contributed by atoms with E-state index in [9.17, 15) is 38.7 Å². The zero-order chi connectivity index (χ0) is 24.3. The summed E-state index contributed by atoms with van der Waals surface area (Å²) in [6.45, 7) is -0.984. The number of nitrogens with two attached hydrogens (primary N) is 3. The van der Waals surface area contributed by atoms with Gasteiger partial charge in [-0.1, -0.05) is 0 Å². The van der Waals surface area contributed by atoms with E-state index in [4.69, 9.17) is 27.4 Å². The van der Waals surface area contributed by atoms with Crippen molar-refractivity contribution in [3.05, 3.63) is 0 Å². The molecule has 0 radical (unpaired) electrons. The van der Waals surface area contributed by atoms with Gasteiger partial charge in [-0.2, -0.15) is 0 Å². The third kappa shape index (κ3) is 10.5. The van der Waals surface area contributed by atoms with Crippen molar-refractivity contribution in [1.29, 1.82) is 0 Å². The molecular formula is C15H24N6O10. The molecular weight excluding hydrogens is 424 g/mol. The Balaban J connectivity index is 5.32. The van der Waals surface area contributed by atoms with E-state index in [-0.39, 0.29) is 0 Å². The summed E-state index contributed by atoms with van der Waals surface area (Å²) in [5, 5.41) is 32.8. The topological polar surface area (TPSA) is 294 Å². The largest absolute Gasteiger partial charge is 0.481 e. The fraction of sp³-hybridized carbons (Fsp3) is 0.533. The first-order chi connectivity index (χ1) is 14.3. The Kier molecular flexibility index (Phi) is 11.2. The van der Waals surface area contributed by atoms with Crippen LogP contribution in [0.15, 0.2) is 0 Å². The number of rotatable bonds is 14. The summed E-state index contributed by atoms with van der Waals surface area (Å²) in [5.74, 6) is -8.69. The van der Waals surface area contributed by atoms with Crippen molar-refractivity contribution in [1.82, 2.24) is 16.0 Å². The summed E-state index contributed by atoms with van der Waals surface area (Å²) in [7, 11) is 0. The quantitative estimate of drug-likeness (QED) is 0.120. The SMILES string of the molecule is NC(=O)CC(N)C(=O)NC(CO)C(=O)NC(CC(N)=O)C(=O)NC(CC(=O)O)C(=O)O. The average Bonchev–Trinajstić information content (AvgIpc) is 2.62. The number of carboxylic acids is 2. The minimum atomic E-state index is -1.88. The van der Waals surface area contributed by atoms with E-state index in [0.29, 0.717) is 0 Å². The molecule has 0 heterocycles. The summed E-state index contributed by atoms with van der Waals surface area (Å²) < 4.78 is 0. The molecule has 0 aliphatic rings. The lowest BCUT2D eigenvalue weighted by Gasteiger charge is -2.23. The van der Waals surface area contributed by atoms with E-state index in [2.05, 4.69) is 0 Å².